The minimum absolute atomic E-state index is 0.157. The van der Waals surface area contributed by atoms with Crippen molar-refractivity contribution in [1.82, 2.24) is 5.32 Å². The van der Waals surface area contributed by atoms with Gasteiger partial charge in [0, 0.05) is 25.0 Å². The van der Waals surface area contributed by atoms with E-state index in [1.165, 1.54) is 24.8 Å². The van der Waals surface area contributed by atoms with Gasteiger partial charge in [-0.2, -0.15) is 0 Å². The summed E-state index contributed by atoms with van der Waals surface area (Å²) in [7, 11) is 0. The van der Waals surface area contributed by atoms with Crippen LogP contribution < -0.4 is 5.32 Å². The average molecular weight is 273 g/mol. The lowest BCUT2D eigenvalue weighted by Gasteiger charge is -2.17. The molecule has 1 amide bonds. The van der Waals surface area contributed by atoms with Crippen molar-refractivity contribution in [2.75, 3.05) is 13.2 Å². The number of nitrogens with one attached hydrogen (secondary N) is 1. The third-order valence-electron chi connectivity index (χ3n) is 4.98. The summed E-state index contributed by atoms with van der Waals surface area (Å²) >= 11 is 0. The first-order valence-electron chi connectivity index (χ1n) is 7.74. The number of hydrogen-bond donors (Lipinski definition) is 2. The van der Waals surface area contributed by atoms with Gasteiger partial charge in [-0.05, 0) is 36.7 Å². The monoisotopic (exact) mass is 273 g/mol. The predicted molar refractivity (Wildman–Crippen MR) is 78.2 cm³/mol. The molecule has 3 unspecified atom stereocenters. The Morgan fingerprint density at radius 2 is 1.95 bits per heavy atom. The van der Waals surface area contributed by atoms with E-state index in [0.29, 0.717) is 24.8 Å². The molecule has 0 radical (unpaired) electrons. The van der Waals surface area contributed by atoms with E-state index in [1.54, 1.807) is 0 Å². The van der Waals surface area contributed by atoms with Crippen molar-refractivity contribution in [3.8, 4) is 0 Å². The highest BCUT2D eigenvalue weighted by Gasteiger charge is 2.56. The second kappa shape index (κ2) is 5.96. The molecule has 1 aromatic rings. The smallest absolute Gasteiger partial charge is 0.223 e. The summed E-state index contributed by atoms with van der Waals surface area (Å²) in [5.41, 5.74) is 1.19. The van der Waals surface area contributed by atoms with Crippen molar-refractivity contribution in [2.45, 2.75) is 31.6 Å². The molecule has 0 aliphatic heterocycles. The Hall–Kier alpha value is -1.35. The zero-order chi connectivity index (χ0) is 13.9. The van der Waals surface area contributed by atoms with Crippen LogP contribution in [0.25, 0.3) is 0 Å². The second-order valence-electron chi connectivity index (χ2n) is 6.15. The van der Waals surface area contributed by atoms with Gasteiger partial charge in [-0.15, -0.1) is 0 Å². The lowest BCUT2D eigenvalue weighted by molar-refractivity contribution is -0.123. The highest BCUT2D eigenvalue weighted by molar-refractivity contribution is 5.82. The van der Waals surface area contributed by atoms with Crippen LogP contribution in [0.4, 0.5) is 0 Å². The van der Waals surface area contributed by atoms with Gasteiger partial charge in [-0.3, -0.25) is 4.79 Å². The minimum atomic E-state index is 0.157. The highest BCUT2D eigenvalue weighted by atomic mass is 16.3. The fourth-order valence-corrected chi connectivity index (χ4v) is 3.82. The topological polar surface area (TPSA) is 49.3 Å². The van der Waals surface area contributed by atoms with Gasteiger partial charge in [0.1, 0.15) is 0 Å². The van der Waals surface area contributed by atoms with Crippen LogP contribution >= 0.6 is 0 Å². The second-order valence-corrected chi connectivity index (χ2v) is 6.15. The third-order valence-corrected chi connectivity index (χ3v) is 4.98. The zero-order valence-electron chi connectivity index (χ0n) is 11.8. The van der Waals surface area contributed by atoms with Crippen LogP contribution in [0.15, 0.2) is 30.3 Å². The number of carbonyl (C=O) groups is 1. The Bertz CT molecular complexity index is 449. The standard InChI is InChI=1S/C17H23NO2/c19-10-9-13(12-5-2-1-3-6-12)11-18-17(20)16-14-7-4-8-15(14)16/h1-3,5-6,13-16,19H,4,7-11H2,(H,18,20). The molecule has 1 aromatic carbocycles. The fraction of sp³-hybridized carbons (Fsp3) is 0.588. The van der Waals surface area contributed by atoms with Gasteiger partial charge >= 0.3 is 0 Å². The van der Waals surface area contributed by atoms with Crippen LogP contribution in [0.1, 0.15) is 37.2 Å². The van der Waals surface area contributed by atoms with Crippen LogP contribution in [0.5, 0.6) is 0 Å². The molecule has 0 saturated heterocycles. The van der Waals surface area contributed by atoms with Crippen LogP contribution in [0.3, 0.4) is 0 Å². The molecule has 2 N–H and O–H groups in total. The van der Waals surface area contributed by atoms with Gasteiger partial charge in [0.15, 0.2) is 0 Å². The molecule has 3 atom stereocenters. The molecule has 20 heavy (non-hydrogen) atoms. The molecule has 0 bridgehead atoms. The quantitative estimate of drug-likeness (QED) is 0.835. The van der Waals surface area contributed by atoms with E-state index in [-0.39, 0.29) is 24.3 Å². The third kappa shape index (κ3) is 2.73. The summed E-state index contributed by atoms with van der Waals surface area (Å²) in [6.45, 7) is 0.795. The normalized spacial score (nSPS) is 28.8. The number of amides is 1. The van der Waals surface area contributed by atoms with Gasteiger partial charge in [0.2, 0.25) is 5.91 Å². The van der Waals surface area contributed by atoms with Crippen molar-refractivity contribution in [3.05, 3.63) is 35.9 Å². The highest BCUT2D eigenvalue weighted by Crippen LogP contribution is 2.57. The molecule has 2 fully saturated rings. The van der Waals surface area contributed by atoms with Crippen molar-refractivity contribution in [1.29, 1.82) is 0 Å². The zero-order valence-corrected chi connectivity index (χ0v) is 11.8. The lowest BCUT2D eigenvalue weighted by Crippen LogP contribution is -2.31. The Morgan fingerprint density at radius 1 is 1.25 bits per heavy atom. The van der Waals surface area contributed by atoms with Gasteiger partial charge in [-0.25, -0.2) is 0 Å². The first-order chi connectivity index (χ1) is 9.81. The van der Waals surface area contributed by atoms with E-state index in [9.17, 15) is 9.90 Å². The maximum atomic E-state index is 12.2. The van der Waals surface area contributed by atoms with E-state index in [2.05, 4.69) is 17.4 Å². The molecule has 108 valence electrons. The lowest BCUT2D eigenvalue weighted by atomic mass is 9.96. The number of carbonyl (C=O) groups excluding carboxylic acids is 1. The molecule has 0 aromatic heterocycles. The Balaban J connectivity index is 1.53. The molecule has 2 saturated carbocycles. The summed E-state index contributed by atoms with van der Waals surface area (Å²) in [5, 5.41) is 12.3. The molecule has 2 aliphatic rings. The van der Waals surface area contributed by atoms with Crippen molar-refractivity contribution in [2.24, 2.45) is 17.8 Å². The van der Waals surface area contributed by atoms with Crippen molar-refractivity contribution < 1.29 is 9.90 Å². The number of rotatable bonds is 6. The summed E-state index contributed by atoms with van der Waals surface area (Å²) in [4.78, 5) is 12.2. The summed E-state index contributed by atoms with van der Waals surface area (Å²) in [5.74, 6) is 2.07. The molecule has 3 heteroatoms. The SMILES string of the molecule is O=C(NCC(CCO)c1ccccc1)C1C2CCCC21. The molecular weight excluding hydrogens is 250 g/mol. The molecular formula is C17H23NO2. The van der Waals surface area contributed by atoms with E-state index in [1.807, 2.05) is 18.2 Å². The Labute approximate surface area is 120 Å². The molecule has 3 nitrogen and oxygen atoms in total. The molecule has 0 spiro atoms. The Kier molecular flexibility index (Phi) is 4.06. The average Bonchev–Trinajstić information content (AvgIpc) is 2.97. The summed E-state index contributed by atoms with van der Waals surface area (Å²) in [6.07, 6.45) is 4.47. The van der Waals surface area contributed by atoms with Crippen molar-refractivity contribution >= 4 is 5.91 Å². The number of aliphatic hydroxyl groups excluding tert-OH is 1. The van der Waals surface area contributed by atoms with Gasteiger partial charge in [0.05, 0.1) is 0 Å². The minimum Gasteiger partial charge on any atom is -0.396 e. The van der Waals surface area contributed by atoms with E-state index in [0.717, 1.165) is 0 Å². The van der Waals surface area contributed by atoms with Crippen LogP contribution in [0.2, 0.25) is 0 Å². The maximum absolute atomic E-state index is 12.2. The number of hydrogen-bond acceptors (Lipinski definition) is 2. The van der Waals surface area contributed by atoms with Crippen LogP contribution in [0, 0.1) is 17.8 Å². The number of fused-ring (bicyclic) bond motifs is 1. The molecule has 3 rings (SSSR count). The van der Waals surface area contributed by atoms with Crippen molar-refractivity contribution in [3.63, 3.8) is 0 Å². The van der Waals surface area contributed by atoms with Gasteiger partial charge in [0.25, 0.3) is 0 Å². The fourth-order valence-electron chi connectivity index (χ4n) is 3.82. The van der Waals surface area contributed by atoms with E-state index >= 15 is 0 Å². The largest absolute Gasteiger partial charge is 0.396 e. The summed E-state index contributed by atoms with van der Waals surface area (Å²) < 4.78 is 0. The van der Waals surface area contributed by atoms with Gasteiger partial charge in [-0.1, -0.05) is 36.8 Å². The molecule has 2 aliphatic carbocycles. The number of aliphatic hydroxyl groups is 1. The first-order valence-corrected chi connectivity index (χ1v) is 7.74. The van der Waals surface area contributed by atoms with E-state index in [4.69, 9.17) is 0 Å². The number of benzene rings is 1. The van der Waals surface area contributed by atoms with Crippen LogP contribution in [-0.2, 0) is 4.79 Å². The maximum Gasteiger partial charge on any atom is 0.223 e. The van der Waals surface area contributed by atoms with Crippen LogP contribution in [-0.4, -0.2) is 24.2 Å². The summed E-state index contributed by atoms with van der Waals surface area (Å²) in [6, 6.07) is 10.1. The Morgan fingerprint density at radius 3 is 2.60 bits per heavy atom. The first kappa shape index (κ1) is 13.6. The molecule has 0 heterocycles. The predicted octanol–water partition coefficient (Wildman–Crippen LogP) is 2.31. The van der Waals surface area contributed by atoms with Gasteiger partial charge < -0.3 is 10.4 Å². The van der Waals surface area contributed by atoms with E-state index < -0.39 is 0 Å².